The quantitative estimate of drug-likeness (QED) is 0.848. The minimum Gasteiger partial charge on any atom is -0.313 e. The summed E-state index contributed by atoms with van der Waals surface area (Å²) in [4.78, 5) is 4.22. The molecule has 0 radical (unpaired) electrons. The van der Waals surface area contributed by atoms with Crippen LogP contribution < -0.4 is 5.32 Å². The van der Waals surface area contributed by atoms with Crippen LogP contribution in [0.4, 0.5) is 0 Å². The molecule has 1 aromatic rings. The van der Waals surface area contributed by atoms with E-state index in [1.165, 1.54) is 32.4 Å². The molecule has 1 unspecified atom stereocenters. The third-order valence-corrected chi connectivity index (χ3v) is 5.22. The highest BCUT2D eigenvalue weighted by Crippen LogP contribution is 2.32. The van der Waals surface area contributed by atoms with Crippen LogP contribution in [0.15, 0.2) is 11.4 Å². The van der Waals surface area contributed by atoms with Gasteiger partial charge in [0, 0.05) is 36.6 Å². The minimum atomic E-state index is 0.600. The molecule has 1 aliphatic rings. The van der Waals surface area contributed by atoms with Crippen molar-refractivity contribution in [2.45, 2.75) is 52.1 Å². The standard InChI is InChI=1S/C15H26N2S/c1-4-13(5-2)16-8-10-17-9-6-15-14(12(17)3)7-11-18-15/h7,11-13,16H,4-6,8-10H2,1-3H3. The van der Waals surface area contributed by atoms with Gasteiger partial charge in [-0.3, -0.25) is 4.90 Å². The molecule has 3 heteroatoms. The molecule has 0 aliphatic carbocycles. The van der Waals surface area contributed by atoms with Crippen molar-refractivity contribution in [3.05, 3.63) is 21.9 Å². The molecular weight excluding hydrogens is 240 g/mol. The lowest BCUT2D eigenvalue weighted by molar-refractivity contribution is 0.198. The molecular formula is C15H26N2S. The molecule has 0 saturated heterocycles. The maximum Gasteiger partial charge on any atom is 0.0331 e. The molecule has 18 heavy (non-hydrogen) atoms. The first-order chi connectivity index (χ1) is 8.76. The fourth-order valence-electron chi connectivity index (χ4n) is 2.86. The predicted octanol–water partition coefficient (Wildman–Crippen LogP) is 3.45. The summed E-state index contributed by atoms with van der Waals surface area (Å²) in [6, 6.07) is 3.61. The van der Waals surface area contributed by atoms with E-state index >= 15 is 0 Å². The van der Waals surface area contributed by atoms with Crippen LogP contribution in [-0.2, 0) is 6.42 Å². The van der Waals surface area contributed by atoms with Gasteiger partial charge in [0.2, 0.25) is 0 Å². The third kappa shape index (κ3) is 3.14. The van der Waals surface area contributed by atoms with Gasteiger partial charge in [-0.15, -0.1) is 11.3 Å². The zero-order chi connectivity index (χ0) is 13.0. The van der Waals surface area contributed by atoms with Crippen LogP contribution in [0.5, 0.6) is 0 Å². The van der Waals surface area contributed by atoms with Crippen molar-refractivity contribution in [2.24, 2.45) is 0 Å². The van der Waals surface area contributed by atoms with Gasteiger partial charge in [-0.05, 0) is 43.2 Å². The second kappa shape index (κ2) is 6.69. The average Bonchev–Trinajstić information content (AvgIpc) is 2.86. The molecule has 1 N–H and O–H groups in total. The highest BCUT2D eigenvalue weighted by molar-refractivity contribution is 7.10. The second-order valence-electron chi connectivity index (χ2n) is 5.23. The summed E-state index contributed by atoms with van der Waals surface area (Å²) >= 11 is 1.92. The number of nitrogens with zero attached hydrogens (tertiary/aromatic N) is 1. The van der Waals surface area contributed by atoms with E-state index < -0.39 is 0 Å². The molecule has 0 fully saturated rings. The Morgan fingerprint density at radius 1 is 1.44 bits per heavy atom. The summed E-state index contributed by atoms with van der Waals surface area (Å²) in [5, 5.41) is 5.91. The molecule has 0 spiro atoms. The molecule has 2 heterocycles. The van der Waals surface area contributed by atoms with Gasteiger partial charge in [-0.25, -0.2) is 0 Å². The molecule has 102 valence electrons. The van der Waals surface area contributed by atoms with Crippen LogP contribution >= 0.6 is 11.3 Å². The number of hydrogen-bond acceptors (Lipinski definition) is 3. The van der Waals surface area contributed by atoms with Gasteiger partial charge in [0.05, 0.1) is 0 Å². The first-order valence-electron chi connectivity index (χ1n) is 7.30. The molecule has 1 atom stereocenters. The minimum absolute atomic E-state index is 0.600. The third-order valence-electron chi connectivity index (χ3n) is 4.22. The highest BCUT2D eigenvalue weighted by Gasteiger charge is 2.23. The van der Waals surface area contributed by atoms with Gasteiger partial charge in [0.15, 0.2) is 0 Å². The SMILES string of the molecule is CCC(CC)NCCN1CCc2sccc2C1C. The number of hydrogen-bond donors (Lipinski definition) is 1. The zero-order valence-electron chi connectivity index (χ0n) is 11.9. The number of fused-ring (bicyclic) bond motifs is 1. The topological polar surface area (TPSA) is 15.3 Å². The van der Waals surface area contributed by atoms with E-state index in [9.17, 15) is 0 Å². The normalized spacial score (nSPS) is 20.3. The molecule has 0 saturated carbocycles. The Bertz CT molecular complexity index is 357. The van der Waals surface area contributed by atoms with Crippen molar-refractivity contribution in [1.82, 2.24) is 10.2 Å². The van der Waals surface area contributed by atoms with Gasteiger partial charge in [-0.1, -0.05) is 13.8 Å². The number of thiophene rings is 1. The van der Waals surface area contributed by atoms with Crippen LogP contribution in [0.1, 0.15) is 50.1 Å². The lowest BCUT2D eigenvalue weighted by Crippen LogP contribution is -2.40. The van der Waals surface area contributed by atoms with E-state index in [2.05, 4.69) is 42.4 Å². The van der Waals surface area contributed by atoms with E-state index in [4.69, 9.17) is 0 Å². The molecule has 2 rings (SSSR count). The number of nitrogens with one attached hydrogen (secondary N) is 1. The predicted molar refractivity (Wildman–Crippen MR) is 80.4 cm³/mol. The Hall–Kier alpha value is -0.380. The van der Waals surface area contributed by atoms with Crippen molar-refractivity contribution < 1.29 is 0 Å². The number of rotatable bonds is 6. The van der Waals surface area contributed by atoms with Crippen LogP contribution in [-0.4, -0.2) is 30.6 Å². The Morgan fingerprint density at radius 3 is 2.94 bits per heavy atom. The first kappa shape index (κ1) is 14.0. The fraction of sp³-hybridized carbons (Fsp3) is 0.733. The summed E-state index contributed by atoms with van der Waals surface area (Å²) in [7, 11) is 0. The van der Waals surface area contributed by atoms with Crippen LogP contribution in [0.25, 0.3) is 0 Å². The molecule has 2 nitrogen and oxygen atoms in total. The van der Waals surface area contributed by atoms with Gasteiger partial charge in [0.1, 0.15) is 0 Å². The summed E-state index contributed by atoms with van der Waals surface area (Å²) in [6.45, 7) is 10.4. The van der Waals surface area contributed by atoms with E-state index in [0.29, 0.717) is 12.1 Å². The molecule has 0 bridgehead atoms. The van der Waals surface area contributed by atoms with Crippen molar-refractivity contribution in [3.63, 3.8) is 0 Å². The van der Waals surface area contributed by atoms with Crippen LogP contribution in [0.3, 0.4) is 0 Å². The summed E-state index contributed by atoms with van der Waals surface area (Å²) in [6.07, 6.45) is 3.71. The van der Waals surface area contributed by atoms with Gasteiger partial charge >= 0.3 is 0 Å². The smallest absolute Gasteiger partial charge is 0.0331 e. The van der Waals surface area contributed by atoms with E-state index in [0.717, 1.165) is 6.54 Å². The maximum atomic E-state index is 3.67. The Labute approximate surface area is 115 Å². The van der Waals surface area contributed by atoms with Crippen molar-refractivity contribution in [1.29, 1.82) is 0 Å². The van der Waals surface area contributed by atoms with Crippen LogP contribution in [0.2, 0.25) is 0 Å². The zero-order valence-corrected chi connectivity index (χ0v) is 12.7. The molecule has 1 aliphatic heterocycles. The van der Waals surface area contributed by atoms with Gasteiger partial charge in [0.25, 0.3) is 0 Å². The lowest BCUT2D eigenvalue weighted by atomic mass is 10.0. The maximum absolute atomic E-state index is 3.67. The van der Waals surface area contributed by atoms with E-state index in [1.807, 2.05) is 11.3 Å². The van der Waals surface area contributed by atoms with Gasteiger partial charge < -0.3 is 5.32 Å². The fourth-order valence-corrected chi connectivity index (χ4v) is 3.82. The molecule has 0 amide bonds. The summed E-state index contributed by atoms with van der Waals surface area (Å²) in [5.41, 5.74) is 1.56. The summed E-state index contributed by atoms with van der Waals surface area (Å²) < 4.78 is 0. The monoisotopic (exact) mass is 266 g/mol. The largest absolute Gasteiger partial charge is 0.313 e. The second-order valence-corrected chi connectivity index (χ2v) is 6.23. The van der Waals surface area contributed by atoms with E-state index in [1.54, 1.807) is 10.4 Å². The first-order valence-corrected chi connectivity index (χ1v) is 8.17. The average molecular weight is 266 g/mol. The Balaban J connectivity index is 1.81. The van der Waals surface area contributed by atoms with Gasteiger partial charge in [-0.2, -0.15) is 0 Å². The molecule has 0 aromatic carbocycles. The van der Waals surface area contributed by atoms with Crippen molar-refractivity contribution in [2.75, 3.05) is 19.6 Å². The highest BCUT2D eigenvalue weighted by atomic mass is 32.1. The van der Waals surface area contributed by atoms with Crippen molar-refractivity contribution in [3.8, 4) is 0 Å². The molecule has 1 aromatic heterocycles. The lowest BCUT2D eigenvalue weighted by Gasteiger charge is -2.34. The Morgan fingerprint density at radius 2 is 2.22 bits per heavy atom. The summed E-state index contributed by atoms with van der Waals surface area (Å²) in [5.74, 6) is 0. The van der Waals surface area contributed by atoms with Crippen LogP contribution in [0, 0.1) is 0 Å². The van der Waals surface area contributed by atoms with E-state index in [-0.39, 0.29) is 0 Å². The van der Waals surface area contributed by atoms with Crippen molar-refractivity contribution >= 4 is 11.3 Å². The Kier molecular flexibility index (Phi) is 5.22.